The predicted octanol–water partition coefficient (Wildman–Crippen LogP) is 0.782. The molecule has 0 spiro atoms. The first kappa shape index (κ1) is 15.4. The Morgan fingerprint density at radius 2 is 1.60 bits per heavy atom. The number of benzene rings is 1. The maximum absolute atomic E-state index is 12.1. The number of piperidine rings is 1. The van der Waals surface area contributed by atoms with E-state index < -0.39 is 24.1 Å². The zero-order valence-corrected chi connectivity index (χ0v) is 12.7. The molecule has 1 fully saturated rings. The number of hydrogen-bond donors (Lipinski definition) is 1. The van der Waals surface area contributed by atoms with E-state index in [0.29, 0.717) is 25.9 Å². The van der Waals surface area contributed by atoms with E-state index in [1.54, 1.807) is 19.1 Å². The molecule has 1 saturated heterocycles. The van der Waals surface area contributed by atoms with E-state index in [1.165, 1.54) is 12.1 Å². The molecule has 0 unspecified atom stereocenters. The first-order valence-electron chi connectivity index (χ1n) is 6.28. The van der Waals surface area contributed by atoms with Gasteiger partial charge in [-0.25, -0.2) is 8.42 Å². The maximum atomic E-state index is 12.1. The molecule has 20 heavy (non-hydrogen) atoms. The van der Waals surface area contributed by atoms with Crippen molar-refractivity contribution >= 4 is 18.0 Å². The lowest BCUT2D eigenvalue weighted by Crippen LogP contribution is -2.35. The van der Waals surface area contributed by atoms with E-state index in [9.17, 15) is 16.8 Å². The van der Waals surface area contributed by atoms with E-state index >= 15 is 0 Å². The first-order valence-corrected chi connectivity index (χ1v) is 9.69. The van der Waals surface area contributed by atoms with Gasteiger partial charge in [0.1, 0.15) is 0 Å². The molecule has 0 bridgehead atoms. The van der Waals surface area contributed by atoms with Gasteiger partial charge in [-0.2, -0.15) is 8.42 Å². The van der Waals surface area contributed by atoms with E-state index in [0.717, 1.165) is 5.56 Å². The highest BCUT2D eigenvalue weighted by atomic mass is 33.2. The van der Waals surface area contributed by atoms with E-state index in [2.05, 4.69) is 5.32 Å². The lowest BCUT2D eigenvalue weighted by Gasteiger charge is -2.22. The van der Waals surface area contributed by atoms with Crippen LogP contribution in [0.25, 0.3) is 0 Å². The van der Waals surface area contributed by atoms with Crippen molar-refractivity contribution in [2.24, 2.45) is 0 Å². The van der Waals surface area contributed by atoms with Gasteiger partial charge in [0.05, 0.1) is 11.0 Å². The number of rotatable bonds is 4. The summed E-state index contributed by atoms with van der Waals surface area (Å²) in [5.41, 5.74) is 0.848. The molecule has 0 saturated carbocycles. The van der Waals surface area contributed by atoms with E-state index in [4.69, 9.17) is 4.18 Å². The van der Waals surface area contributed by atoms with E-state index in [-0.39, 0.29) is 4.90 Å². The molecule has 0 aromatic heterocycles. The van der Waals surface area contributed by atoms with Crippen LogP contribution in [0, 0.1) is 6.92 Å². The van der Waals surface area contributed by atoms with Gasteiger partial charge in [-0.3, -0.25) is 4.18 Å². The average Bonchev–Trinajstić information content (AvgIpc) is 2.39. The van der Waals surface area contributed by atoms with Crippen molar-refractivity contribution in [2.45, 2.75) is 30.8 Å². The van der Waals surface area contributed by atoms with Crippen LogP contribution in [0.4, 0.5) is 0 Å². The van der Waals surface area contributed by atoms with Crippen LogP contribution in [0.1, 0.15) is 18.4 Å². The third kappa shape index (κ3) is 3.20. The molecule has 1 heterocycles. The third-order valence-electron chi connectivity index (χ3n) is 3.12. The summed E-state index contributed by atoms with van der Waals surface area (Å²) in [5, 5.41) is 3.05. The summed E-state index contributed by atoms with van der Waals surface area (Å²) in [5.74, 6) is 0. The van der Waals surface area contributed by atoms with Crippen molar-refractivity contribution in [3.8, 4) is 0 Å². The Hall–Kier alpha value is -0.960. The predicted molar refractivity (Wildman–Crippen MR) is 74.3 cm³/mol. The van der Waals surface area contributed by atoms with Crippen LogP contribution in [0.15, 0.2) is 29.2 Å². The zero-order chi connectivity index (χ0) is 14.8. The summed E-state index contributed by atoms with van der Waals surface area (Å²) in [7, 11) is -9.21. The molecule has 0 amide bonds. The Labute approximate surface area is 118 Å². The second-order valence-corrected chi connectivity index (χ2v) is 9.65. The van der Waals surface area contributed by atoms with Crippen molar-refractivity contribution in [2.75, 3.05) is 13.1 Å². The van der Waals surface area contributed by atoms with Crippen molar-refractivity contribution in [1.29, 1.82) is 0 Å². The fourth-order valence-electron chi connectivity index (χ4n) is 1.93. The highest BCUT2D eigenvalue weighted by molar-refractivity contribution is 8.65. The van der Waals surface area contributed by atoms with Crippen molar-refractivity contribution in [3.05, 3.63) is 29.8 Å². The summed E-state index contributed by atoms with van der Waals surface area (Å²) < 4.78 is 53.0. The van der Waals surface area contributed by atoms with Gasteiger partial charge in [-0.15, -0.1) is 0 Å². The van der Waals surface area contributed by atoms with Gasteiger partial charge < -0.3 is 5.32 Å². The summed E-state index contributed by atoms with van der Waals surface area (Å²) in [6.45, 7) is 3.02. The van der Waals surface area contributed by atoms with Gasteiger partial charge in [0.2, 0.25) is 0 Å². The SMILES string of the molecule is Cc1ccc(S(=O)(=O)S(=O)(=O)OC2CCNCC2)cc1. The van der Waals surface area contributed by atoms with Crippen molar-refractivity contribution in [1.82, 2.24) is 5.32 Å². The Kier molecular flexibility index (Phi) is 4.48. The van der Waals surface area contributed by atoms with Crippen LogP contribution in [-0.4, -0.2) is 36.0 Å². The highest BCUT2D eigenvalue weighted by Gasteiger charge is 2.35. The fraction of sp³-hybridized carbons (Fsp3) is 0.500. The summed E-state index contributed by atoms with van der Waals surface area (Å²) in [6, 6.07) is 5.64. The second kappa shape index (κ2) is 5.80. The van der Waals surface area contributed by atoms with Crippen LogP contribution in [0.3, 0.4) is 0 Å². The van der Waals surface area contributed by atoms with E-state index in [1.807, 2.05) is 0 Å². The Bertz CT molecular complexity index is 658. The minimum absolute atomic E-state index is 0.267. The lowest BCUT2D eigenvalue weighted by molar-refractivity contribution is 0.174. The minimum atomic E-state index is -4.68. The number of hydrogen-bond acceptors (Lipinski definition) is 6. The molecule has 0 atom stereocenters. The number of aryl methyl sites for hydroxylation is 1. The molecule has 2 rings (SSSR count). The summed E-state index contributed by atoms with van der Waals surface area (Å²) in [6.07, 6.45) is 0.368. The van der Waals surface area contributed by atoms with Gasteiger partial charge in [-0.05, 0) is 45.0 Å². The topological polar surface area (TPSA) is 89.5 Å². The normalized spacial score (nSPS) is 18.1. The molecule has 1 aromatic carbocycles. The fourth-order valence-corrected chi connectivity index (χ4v) is 4.95. The van der Waals surface area contributed by atoms with Crippen molar-refractivity contribution < 1.29 is 21.0 Å². The molecule has 0 radical (unpaired) electrons. The molecule has 6 nitrogen and oxygen atoms in total. The number of nitrogens with one attached hydrogen (secondary N) is 1. The van der Waals surface area contributed by atoms with Crippen LogP contribution in [-0.2, 0) is 22.2 Å². The van der Waals surface area contributed by atoms with Crippen LogP contribution in [0.5, 0.6) is 0 Å². The third-order valence-corrected chi connectivity index (χ3v) is 7.44. The minimum Gasteiger partial charge on any atom is -0.317 e. The largest absolute Gasteiger partial charge is 0.379 e. The lowest BCUT2D eigenvalue weighted by atomic mass is 10.1. The van der Waals surface area contributed by atoms with Crippen LogP contribution >= 0.6 is 0 Å². The molecule has 0 aliphatic carbocycles. The standard InChI is InChI=1S/C12H17NO5S2/c1-10-2-4-12(5-3-10)19(14,15)20(16,17)18-11-6-8-13-9-7-11/h2-5,11,13H,6-9H2,1H3. The molecular weight excluding hydrogens is 302 g/mol. The Morgan fingerprint density at radius 1 is 1.05 bits per heavy atom. The van der Waals surface area contributed by atoms with Gasteiger partial charge in [-0.1, -0.05) is 17.7 Å². The van der Waals surface area contributed by atoms with Crippen LogP contribution < -0.4 is 5.32 Å². The Balaban J connectivity index is 2.25. The smallest absolute Gasteiger partial charge is 0.317 e. The Morgan fingerprint density at radius 3 is 2.15 bits per heavy atom. The van der Waals surface area contributed by atoms with Crippen molar-refractivity contribution in [3.63, 3.8) is 0 Å². The first-order chi connectivity index (χ1) is 9.33. The van der Waals surface area contributed by atoms with Crippen LogP contribution in [0.2, 0.25) is 0 Å². The van der Waals surface area contributed by atoms with Gasteiger partial charge >= 0.3 is 18.0 Å². The van der Waals surface area contributed by atoms with Gasteiger partial charge in [0.25, 0.3) is 0 Å². The molecule has 8 heteroatoms. The molecule has 1 aliphatic rings. The summed E-state index contributed by atoms with van der Waals surface area (Å²) in [4.78, 5) is -0.267. The molecule has 1 aromatic rings. The van der Waals surface area contributed by atoms with Gasteiger partial charge in [0, 0.05) is 0 Å². The second-order valence-electron chi connectivity index (χ2n) is 4.72. The maximum Gasteiger partial charge on any atom is 0.379 e. The molecule has 112 valence electrons. The average molecular weight is 319 g/mol. The molecule has 1 N–H and O–H groups in total. The molecule has 1 aliphatic heterocycles. The summed E-state index contributed by atoms with van der Waals surface area (Å²) >= 11 is 0. The van der Waals surface area contributed by atoms with Gasteiger partial charge in [0.15, 0.2) is 0 Å². The zero-order valence-electron chi connectivity index (χ0n) is 11.1. The highest BCUT2D eigenvalue weighted by Crippen LogP contribution is 2.22. The molecular formula is C12H17NO5S2. The quantitative estimate of drug-likeness (QED) is 0.825. The monoisotopic (exact) mass is 319 g/mol.